The van der Waals surface area contributed by atoms with Gasteiger partial charge in [0.1, 0.15) is 5.82 Å². The zero-order valence-electron chi connectivity index (χ0n) is 9.44. The van der Waals surface area contributed by atoms with Gasteiger partial charge in [-0.25, -0.2) is 4.39 Å². The molecule has 0 saturated carbocycles. The number of carbonyl (C=O) groups is 2. The van der Waals surface area contributed by atoms with Crippen molar-refractivity contribution in [1.82, 2.24) is 4.90 Å². The summed E-state index contributed by atoms with van der Waals surface area (Å²) in [5.74, 6) is -1.30. The van der Waals surface area contributed by atoms with Crippen molar-refractivity contribution in [2.45, 2.75) is 19.9 Å². The van der Waals surface area contributed by atoms with Crippen LogP contribution in [-0.4, -0.2) is 16.7 Å². The van der Waals surface area contributed by atoms with Crippen LogP contribution in [0.15, 0.2) is 18.2 Å². The summed E-state index contributed by atoms with van der Waals surface area (Å²) in [5, 5.41) is 0. The Bertz CT molecular complexity index is 487. The van der Waals surface area contributed by atoms with Crippen LogP contribution in [0.4, 0.5) is 10.1 Å². The lowest BCUT2D eigenvalue weighted by Crippen LogP contribution is -2.30. The minimum Gasteiger partial charge on any atom is -0.399 e. The molecule has 0 spiro atoms. The van der Waals surface area contributed by atoms with Crippen LogP contribution < -0.4 is 5.73 Å². The van der Waals surface area contributed by atoms with Crippen LogP contribution in [-0.2, 0) is 16.1 Å². The van der Waals surface area contributed by atoms with Gasteiger partial charge in [-0.3, -0.25) is 14.5 Å². The molecule has 5 heteroatoms. The molecule has 1 aromatic rings. The fourth-order valence-electron chi connectivity index (χ4n) is 1.88. The predicted molar refractivity (Wildman–Crippen MR) is 60.2 cm³/mol. The number of amides is 2. The van der Waals surface area contributed by atoms with Gasteiger partial charge in [0.15, 0.2) is 0 Å². The molecule has 2 rings (SSSR count). The predicted octanol–water partition coefficient (Wildman–Crippen LogP) is 1.30. The molecule has 1 heterocycles. The number of nitrogens with zero attached hydrogens (tertiary/aromatic N) is 1. The van der Waals surface area contributed by atoms with Crippen LogP contribution in [0.3, 0.4) is 0 Å². The molecule has 1 aliphatic rings. The SMILES string of the molecule is CC1CC(=O)N(Cc2ccc(N)cc2F)C1=O. The molecule has 2 amide bonds. The molecule has 0 bridgehead atoms. The van der Waals surface area contributed by atoms with Gasteiger partial charge in [0.05, 0.1) is 6.54 Å². The second-order valence-electron chi connectivity index (χ2n) is 4.27. The van der Waals surface area contributed by atoms with E-state index in [9.17, 15) is 14.0 Å². The lowest BCUT2D eigenvalue weighted by Gasteiger charge is -2.15. The normalized spacial score (nSPS) is 20.1. The van der Waals surface area contributed by atoms with Crippen molar-refractivity contribution in [1.29, 1.82) is 0 Å². The molecule has 1 saturated heterocycles. The van der Waals surface area contributed by atoms with Crippen LogP contribution in [0.2, 0.25) is 0 Å². The third-order valence-electron chi connectivity index (χ3n) is 2.88. The van der Waals surface area contributed by atoms with Gasteiger partial charge in [0, 0.05) is 23.6 Å². The summed E-state index contributed by atoms with van der Waals surface area (Å²) in [7, 11) is 0. The number of rotatable bonds is 2. The molecule has 4 nitrogen and oxygen atoms in total. The Hall–Kier alpha value is -1.91. The first-order chi connectivity index (χ1) is 7.99. The molecule has 2 N–H and O–H groups in total. The molecule has 0 aromatic heterocycles. The maximum absolute atomic E-state index is 13.5. The van der Waals surface area contributed by atoms with Gasteiger partial charge in [-0.15, -0.1) is 0 Å². The van der Waals surface area contributed by atoms with E-state index in [0.29, 0.717) is 11.3 Å². The summed E-state index contributed by atoms with van der Waals surface area (Å²) in [5.41, 5.74) is 6.04. The summed E-state index contributed by atoms with van der Waals surface area (Å²) in [6.45, 7) is 1.67. The van der Waals surface area contributed by atoms with E-state index in [1.807, 2.05) is 0 Å². The van der Waals surface area contributed by atoms with Crippen molar-refractivity contribution in [3.05, 3.63) is 29.6 Å². The number of halogens is 1. The van der Waals surface area contributed by atoms with Gasteiger partial charge in [0.2, 0.25) is 11.8 Å². The van der Waals surface area contributed by atoms with Crippen molar-refractivity contribution >= 4 is 17.5 Å². The molecule has 1 aliphatic heterocycles. The second kappa shape index (κ2) is 4.16. The van der Waals surface area contributed by atoms with Crippen molar-refractivity contribution in [2.24, 2.45) is 5.92 Å². The molecule has 0 aliphatic carbocycles. The minimum atomic E-state index is -0.495. The number of hydrogen-bond acceptors (Lipinski definition) is 3. The Morgan fingerprint density at radius 3 is 2.71 bits per heavy atom. The van der Waals surface area contributed by atoms with E-state index in [1.54, 1.807) is 13.0 Å². The van der Waals surface area contributed by atoms with E-state index >= 15 is 0 Å². The first kappa shape index (κ1) is 11.6. The molecule has 0 radical (unpaired) electrons. The van der Waals surface area contributed by atoms with Gasteiger partial charge in [-0.2, -0.15) is 0 Å². The number of nitrogens with two attached hydrogens (primary N) is 1. The highest BCUT2D eigenvalue weighted by Gasteiger charge is 2.35. The quantitative estimate of drug-likeness (QED) is 0.622. The third kappa shape index (κ3) is 2.13. The smallest absolute Gasteiger partial charge is 0.232 e. The number of likely N-dealkylation sites (tertiary alicyclic amines) is 1. The first-order valence-electron chi connectivity index (χ1n) is 5.37. The van der Waals surface area contributed by atoms with Gasteiger partial charge in [-0.1, -0.05) is 13.0 Å². The summed E-state index contributed by atoms with van der Waals surface area (Å²) >= 11 is 0. The molecular formula is C12H13FN2O2. The molecule has 1 atom stereocenters. The fraction of sp³-hybridized carbons (Fsp3) is 0.333. The van der Waals surface area contributed by atoms with Crippen LogP contribution in [0, 0.1) is 11.7 Å². The Kier molecular flexibility index (Phi) is 2.83. The highest BCUT2D eigenvalue weighted by atomic mass is 19.1. The van der Waals surface area contributed by atoms with Gasteiger partial charge < -0.3 is 5.73 Å². The summed E-state index contributed by atoms with van der Waals surface area (Å²) in [6, 6.07) is 4.23. The molecule has 1 fully saturated rings. The van der Waals surface area contributed by atoms with E-state index in [4.69, 9.17) is 5.73 Å². The van der Waals surface area contributed by atoms with Gasteiger partial charge in [0.25, 0.3) is 0 Å². The van der Waals surface area contributed by atoms with Crippen LogP contribution in [0.5, 0.6) is 0 Å². The van der Waals surface area contributed by atoms with Gasteiger partial charge in [-0.05, 0) is 12.1 Å². The summed E-state index contributed by atoms with van der Waals surface area (Å²) < 4.78 is 13.5. The summed E-state index contributed by atoms with van der Waals surface area (Å²) in [4.78, 5) is 24.3. The Balaban J connectivity index is 2.21. The van der Waals surface area contributed by atoms with E-state index < -0.39 is 5.82 Å². The van der Waals surface area contributed by atoms with E-state index in [2.05, 4.69) is 0 Å². The van der Waals surface area contributed by atoms with Crippen molar-refractivity contribution < 1.29 is 14.0 Å². The van der Waals surface area contributed by atoms with Crippen molar-refractivity contribution in [3.8, 4) is 0 Å². The monoisotopic (exact) mass is 236 g/mol. The zero-order chi connectivity index (χ0) is 12.6. The first-order valence-corrected chi connectivity index (χ1v) is 5.37. The number of imide groups is 1. The lowest BCUT2D eigenvalue weighted by atomic mass is 10.1. The Morgan fingerprint density at radius 2 is 2.18 bits per heavy atom. The van der Waals surface area contributed by atoms with Crippen LogP contribution >= 0.6 is 0 Å². The Morgan fingerprint density at radius 1 is 1.47 bits per heavy atom. The second-order valence-corrected chi connectivity index (χ2v) is 4.27. The largest absolute Gasteiger partial charge is 0.399 e. The van der Waals surface area contributed by atoms with E-state index in [-0.39, 0.29) is 30.7 Å². The number of hydrogen-bond donors (Lipinski definition) is 1. The molecule has 1 unspecified atom stereocenters. The highest BCUT2D eigenvalue weighted by Crippen LogP contribution is 2.22. The standard InChI is InChI=1S/C12H13FN2O2/c1-7-4-11(16)15(12(7)17)6-8-2-3-9(14)5-10(8)13/h2-3,5,7H,4,6,14H2,1H3. The maximum Gasteiger partial charge on any atom is 0.232 e. The van der Waals surface area contributed by atoms with Gasteiger partial charge >= 0.3 is 0 Å². The molecule has 1 aromatic carbocycles. The number of nitrogen functional groups attached to an aromatic ring is 1. The van der Waals surface area contributed by atoms with Crippen molar-refractivity contribution in [2.75, 3.05) is 5.73 Å². The highest BCUT2D eigenvalue weighted by molar-refractivity contribution is 6.03. The van der Waals surface area contributed by atoms with Crippen LogP contribution in [0.25, 0.3) is 0 Å². The van der Waals surface area contributed by atoms with Crippen LogP contribution in [0.1, 0.15) is 18.9 Å². The molecule has 17 heavy (non-hydrogen) atoms. The summed E-state index contributed by atoms with van der Waals surface area (Å²) in [6.07, 6.45) is 0.204. The number of benzene rings is 1. The van der Waals surface area contributed by atoms with E-state index in [1.165, 1.54) is 12.1 Å². The average molecular weight is 236 g/mol. The van der Waals surface area contributed by atoms with E-state index in [0.717, 1.165) is 4.90 Å². The molecular weight excluding hydrogens is 223 g/mol. The Labute approximate surface area is 98.2 Å². The topological polar surface area (TPSA) is 63.4 Å². The van der Waals surface area contributed by atoms with Crippen molar-refractivity contribution in [3.63, 3.8) is 0 Å². The third-order valence-corrected chi connectivity index (χ3v) is 2.88. The number of anilines is 1. The zero-order valence-corrected chi connectivity index (χ0v) is 9.44. The minimum absolute atomic E-state index is 0.0197. The average Bonchev–Trinajstić information content (AvgIpc) is 2.48. The lowest BCUT2D eigenvalue weighted by molar-refractivity contribution is -0.139. The fourth-order valence-corrected chi connectivity index (χ4v) is 1.88. The molecule has 90 valence electrons. The maximum atomic E-state index is 13.5. The number of carbonyl (C=O) groups excluding carboxylic acids is 2.